The second-order valence-electron chi connectivity index (χ2n) is 2.10. The van der Waals surface area contributed by atoms with Crippen molar-refractivity contribution in [2.24, 2.45) is 0 Å². The molecule has 0 N–H and O–H groups in total. The van der Waals surface area contributed by atoms with Gasteiger partial charge in [0.05, 0.1) is 0 Å². The molecule has 0 aromatic rings. The average Bonchev–Trinajstić information content (AvgIpc) is 1.25. The van der Waals surface area contributed by atoms with Gasteiger partial charge in [-0.3, -0.25) is 0 Å². The zero-order chi connectivity index (χ0) is 7.15. The van der Waals surface area contributed by atoms with Gasteiger partial charge in [-0.25, -0.2) is 0 Å². The maximum absolute atomic E-state index is 9.53. The fourth-order valence-electron chi connectivity index (χ4n) is 0. The van der Waals surface area contributed by atoms with Crippen LogP contribution in [0.1, 0.15) is 27.7 Å². The molecule has 68 valence electrons. The van der Waals surface area contributed by atoms with Gasteiger partial charge in [-0.1, -0.05) is 27.7 Å². The van der Waals surface area contributed by atoms with E-state index in [1.165, 1.54) is 0 Å². The third-order valence-electron chi connectivity index (χ3n) is 0. The van der Waals surface area contributed by atoms with E-state index in [4.69, 9.17) is 0 Å². The molecule has 0 spiro atoms. The van der Waals surface area contributed by atoms with Crippen molar-refractivity contribution in [1.29, 1.82) is 0 Å². The molecule has 11 heavy (non-hydrogen) atoms. The van der Waals surface area contributed by atoms with Crippen molar-refractivity contribution in [2.75, 3.05) is 0 Å². The van der Waals surface area contributed by atoms with E-state index in [-0.39, 0.29) is 46.5 Å². The molecular weight excluding hydrogens is 223 g/mol. The van der Waals surface area contributed by atoms with Gasteiger partial charge in [-0.05, 0) is 0 Å². The summed E-state index contributed by atoms with van der Waals surface area (Å²) in [6.07, 6.45) is -0.833. The van der Waals surface area contributed by atoms with Crippen LogP contribution in [0.25, 0.3) is 0 Å². The summed E-state index contributed by atoms with van der Waals surface area (Å²) in [5, 5.41) is 19.1. The minimum atomic E-state index is -0.417. The van der Waals surface area contributed by atoms with Crippen LogP contribution >= 0.6 is 0 Å². The Morgan fingerprint density at radius 2 is 0.727 bits per heavy atom. The molecule has 0 heterocycles. The first-order valence-corrected chi connectivity index (χ1v) is 2.78. The second kappa shape index (κ2) is 22.5. The van der Waals surface area contributed by atoms with Crippen LogP contribution in [0.3, 0.4) is 0 Å². The predicted molar refractivity (Wildman–Crippen MR) is 30.3 cm³/mol. The summed E-state index contributed by atoms with van der Waals surface area (Å²) < 4.78 is 0. The van der Waals surface area contributed by atoms with Gasteiger partial charge in [-0.15, -0.1) is 12.2 Å². The Labute approximate surface area is 96.5 Å². The Morgan fingerprint density at radius 1 is 0.727 bits per heavy atom. The van der Waals surface area contributed by atoms with Crippen LogP contribution in [0.4, 0.5) is 0 Å². The normalized spacial score (nSPS) is 6.55. The SMILES string of the molecule is CC(C)[O-].CC(C)[O-].[Cl-].[Cl-].[Ti+4]. The molecular formula is C6H14Cl2O2Ti. The summed E-state index contributed by atoms with van der Waals surface area (Å²) in [7, 11) is 0. The fraction of sp³-hybridized carbons (Fsp3) is 1.00. The quantitative estimate of drug-likeness (QED) is 0.393. The first-order chi connectivity index (χ1) is 3.46. The van der Waals surface area contributed by atoms with Gasteiger partial charge in [0.25, 0.3) is 0 Å². The van der Waals surface area contributed by atoms with Crippen LogP contribution in [0, 0.1) is 0 Å². The van der Waals surface area contributed by atoms with Crippen LogP contribution < -0.4 is 35.0 Å². The molecule has 0 fully saturated rings. The molecule has 0 aliphatic heterocycles. The molecule has 2 nitrogen and oxygen atoms in total. The van der Waals surface area contributed by atoms with Gasteiger partial charge in [0.1, 0.15) is 0 Å². The summed E-state index contributed by atoms with van der Waals surface area (Å²) in [6.45, 7) is 6.44. The van der Waals surface area contributed by atoms with Crippen molar-refractivity contribution >= 4 is 0 Å². The van der Waals surface area contributed by atoms with E-state index in [2.05, 4.69) is 0 Å². The van der Waals surface area contributed by atoms with Crippen molar-refractivity contribution in [3.05, 3.63) is 0 Å². The van der Waals surface area contributed by atoms with Crippen molar-refractivity contribution in [2.45, 2.75) is 39.9 Å². The van der Waals surface area contributed by atoms with Crippen molar-refractivity contribution in [3.8, 4) is 0 Å². The monoisotopic (exact) mass is 236 g/mol. The Morgan fingerprint density at radius 3 is 0.727 bits per heavy atom. The number of hydrogen-bond donors (Lipinski definition) is 0. The smallest absolute Gasteiger partial charge is 1.00 e. The Kier molecular flexibility index (Phi) is 60.3. The molecule has 0 aromatic carbocycles. The molecule has 0 atom stereocenters. The van der Waals surface area contributed by atoms with Gasteiger partial charge >= 0.3 is 21.7 Å². The van der Waals surface area contributed by atoms with Crippen LogP contribution in [0.5, 0.6) is 0 Å². The first kappa shape index (κ1) is 29.5. The minimum Gasteiger partial charge on any atom is -1.00 e. The summed E-state index contributed by atoms with van der Waals surface area (Å²) in [5.74, 6) is 0. The van der Waals surface area contributed by atoms with Gasteiger partial charge < -0.3 is 35.0 Å². The van der Waals surface area contributed by atoms with E-state index in [0.717, 1.165) is 0 Å². The van der Waals surface area contributed by atoms with E-state index in [1.807, 2.05) is 0 Å². The van der Waals surface area contributed by atoms with Crippen molar-refractivity contribution in [1.82, 2.24) is 0 Å². The summed E-state index contributed by atoms with van der Waals surface area (Å²) in [5.41, 5.74) is 0. The molecule has 0 amide bonds. The van der Waals surface area contributed by atoms with Crippen LogP contribution in [0.2, 0.25) is 0 Å². The Bertz CT molecular complexity index is 34.1. The molecule has 0 radical (unpaired) electrons. The molecule has 0 aliphatic rings. The van der Waals surface area contributed by atoms with Crippen LogP contribution in [-0.2, 0) is 21.7 Å². The third kappa shape index (κ3) is 646. The van der Waals surface area contributed by atoms with Gasteiger partial charge in [0.2, 0.25) is 0 Å². The molecule has 0 unspecified atom stereocenters. The third-order valence-corrected chi connectivity index (χ3v) is 0. The van der Waals surface area contributed by atoms with Crippen LogP contribution in [0.15, 0.2) is 0 Å². The molecule has 0 aliphatic carbocycles. The Hall–Kier alpha value is 1.21. The number of halogens is 2. The molecule has 5 heteroatoms. The Balaban J connectivity index is -0.0000000171. The zero-order valence-electron chi connectivity index (χ0n) is 7.23. The van der Waals surface area contributed by atoms with Gasteiger partial charge in [-0.2, -0.15) is 0 Å². The zero-order valence-corrected chi connectivity index (χ0v) is 10.3. The van der Waals surface area contributed by atoms with E-state index in [1.54, 1.807) is 27.7 Å². The number of hydrogen-bond acceptors (Lipinski definition) is 2. The first-order valence-electron chi connectivity index (χ1n) is 2.78. The largest absolute Gasteiger partial charge is 4.00 e. The maximum Gasteiger partial charge on any atom is 4.00 e. The van der Waals surface area contributed by atoms with E-state index >= 15 is 0 Å². The fourth-order valence-corrected chi connectivity index (χ4v) is 0. The maximum atomic E-state index is 9.53. The van der Waals surface area contributed by atoms with Crippen molar-refractivity contribution < 1.29 is 56.7 Å². The van der Waals surface area contributed by atoms with E-state index in [9.17, 15) is 10.2 Å². The van der Waals surface area contributed by atoms with Crippen LogP contribution in [-0.4, -0.2) is 12.2 Å². The van der Waals surface area contributed by atoms with E-state index < -0.39 is 12.2 Å². The molecule has 0 saturated heterocycles. The molecule has 0 rings (SSSR count). The topological polar surface area (TPSA) is 46.1 Å². The molecule has 0 bridgehead atoms. The second-order valence-corrected chi connectivity index (χ2v) is 2.10. The predicted octanol–water partition coefficient (Wildman–Crippen LogP) is -6.48. The van der Waals surface area contributed by atoms with E-state index in [0.29, 0.717) is 0 Å². The summed E-state index contributed by atoms with van der Waals surface area (Å²) in [4.78, 5) is 0. The molecule has 0 aromatic heterocycles. The standard InChI is InChI=1S/2C3H7O.2ClH.Ti/c2*1-3(2)4;;;/h2*3H,1-2H3;2*1H;/q2*-1;;;+4/p-2. The molecule has 0 saturated carbocycles. The average molecular weight is 237 g/mol. The van der Waals surface area contributed by atoms with Gasteiger partial charge in [0.15, 0.2) is 0 Å². The van der Waals surface area contributed by atoms with Gasteiger partial charge in [0, 0.05) is 0 Å². The minimum absolute atomic E-state index is 0. The summed E-state index contributed by atoms with van der Waals surface area (Å²) in [6, 6.07) is 0. The number of rotatable bonds is 0. The summed E-state index contributed by atoms with van der Waals surface area (Å²) >= 11 is 0. The van der Waals surface area contributed by atoms with Crippen molar-refractivity contribution in [3.63, 3.8) is 0 Å².